The van der Waals surface area contributed by atoms with Crippen LogP contribution in [-0.4, -0.2) is 40.2 Å². The molecular formula is C16H19N5O2. The average molecular weight is 313 g/mol. The van der Waals surface area contributed by atoms with Gasteiger partial charge in [-0.1, -0.05) is 12.1 Å². The lowest BCUT2D eigenvalue weighted by atomic mass is 10.1. The maximum atomic E-state index is 12.4. The summed E-state index contributed by atoms with van der Waals surface area (Å²) in [7, 11) is 0. The standard InChI is InChI=1S/C16H19N5O2/c1-10-7-21(15-4-5-17-9-18-15)8-13(10)19-16(22)12-6-14(23-20-12)11-2-3-11/h4-6,9-11,13H,2-3,7-8H2,1H3,(H,19,22). The van der Waals surface area contributed by atoms with Crippen molar-refractivity contribution in [3.05, 3.63) is 36.1 Å². The van der Waals surface area contributed by atoms with Gasteiger partial charge in [0.05, 0.1) is 6.04 Å². The molecule has 2 atom stereocenters. The van der Waals surface area contributed by atoms with E-state index in [1.165, 1.54) is 0 Å². The molecule has 1 amide bonds. The molecule has 2 fully saturated rings. The predicted molar refractivity (Wildman–Crippen MR) is 83.1 cm³/mol. The van der Waals surface area contributed by atoms with Crippen LogP contribution in [0.15, 0.2) is 29.2 Å². The molecule has 1 aliphatic carbocycles. The van der Waals surface area contributed by atoms with Crippen LogP contribution in [0.3, 0.4) is 0 Å². The van der Waals surface area contributed by atoms with Gasteiger partial charge in [-0.3, -0.25) is 4.79 Å². The van der Waals surface area contributed by atoms with Crippen molar-refractivity contribution in [2.75, 3.05) is 18.0 Å². The molecule has 4 rings (SSSR count). The summed E-state index contributed by atoms with van der Waals surface area (Å²) in [6.07, 6.45) is 5.53. The van der Waals surface area contributed by atoms with Gasteiger partial charge in [0.2, 0.25) is 0 Å². The highest BCUT2D eigenvalue weighted by atomic mass is 16.5. The summed E-state index contributed by atoms with van der Waals surface area (Å²) in [6, 6.07) is 3.73. The second-order valence-electron chi connectivity index (χ2n) is 6.42. The zero-order valence-corrected chi connectivity index (χ0v) is 13.0. The molecule has 7 nitrogen and oxygen atoms in total. The summed E-state index contributed by atoms with van der Waals surface area (Å²) < 4.78 is 5.25. The number of nitrogens with zero attached hydrogens (tertiary/aromatic N) is 4. The van der Waals surface area contributed by atoms with E-state index in [1.807, 2.05) is 6.07 Å². The number of aromatic nitrogens is 3. The number of carbonyl (C=O) groups is 1. The number of hydrogen-bond donors (Lipinski definition) is 1. The lowest BCUT2D eigenvalue weighted by Crippen LogP contribution is -2.40. The Bertz CT molecular complexity index is 698. The smallest absolute Gasteiger partial charge is 0.273 e. The van der Waals surface area contributed by atoms with E-state index in [2.05, 4.69) is 32.3 Å². The first-order chi connectivity index (χ1) is 11.2. The van der Waals surface area contributed by atoms with Gasteiger partial charge in [0.15, 0.2) is 5.69 Å². The molecule has 23 heavy (non-hydrogen) atoms. The Labute approximate surface area is 134 Å². The van der Waals surface area contributed by atoms with Gasteiger partial charge in [-0.25, -0.2) is 9.97 Å². The second-order valence-corrected chi connectivity index (χ2v) is 6.42. The highest BCUT2D eigenvalue weighted by molar-refractivity contribution is 5.92. The van der Waals surface area contributed by atoms with Crippen LogP contribution in [0.1, 0.15) is 41.9 Å². The molecule has 1 saturated carbocycles. The van der Waals surface area contributed by atoms with E-state index in [4.69, 9.17) is 4.52 Å². The third kappa shape index (κ3) is 2.91. The predicted octanol–water partition coefficient (Wildman–Crippen LogP) is 1.60. The number of amides is 1. The van der Waals surface area contributed by atoms with Crippen LogP contribution in [0, 0.1) is 5.92 Å². The van der Waals surface area contributed by atoms with E-state index in [1.54, 1.807) is 18.6 Å². The Kier molecular flexibility index (Phi) is 3.48. The molecule has 3 heterocycles. The van der Waals surface area contributed by atoms with Gasteiger partial charge < -0.3 is 14.7 Å². The minimum Gasteiger partial charge on any atom is -0.360 e. The highest BCUT2D eigenvalue weighted by Crippen LogP contribution is 2.40. The number of nitrogens with one attached hydrogen (secondary N) is 1. The van der Waals surface area contributed by atoms with Gasteiger partial charge in [-0.2, -0.15) is 0 Å². The van der Waals surface area contributed by atoms with E-state index in [0.717, 1.165) is 37.5 Å². The van der Waals surface area contributed by atoms with Gasteiger partial charge >= 0.3 is 0 Å². The summed E-state index contributed by atoms with van der Waals surface area (Å²) >= 11 is 0. The molecule has 1 saturated heterocycles. The SMILES string of the molecule is CC1CN(c2ccncn2)CC1NC(=O)c1cc(C2CC2)on1. The molecule has 7 heteroatoms. The zero-order valence-electron chi connectivity index (χ0n) is 13.0. The van der Waals surface area contributed by atoms with Crippen molar-refractivity contribution in [3.63, 3.8) is 0 Å². The lowest BCUT2D eigenvalue weighted by molar-refractivity contribution is 0.0924. The summed E-state index contributed by atoms with van der Waals surface area (Å²) in [5, 5.41) is 6.97. The largest absolute Gasteiger partial charge is 0.360 e. The van der Waals surface area contributed by atoms with Crippen molar-refractivity contribution in [1.29, 1.82) is 0 Å². The fourth-order valence-electron chi connectivity index (χ4n) is 3.01. The third-order valence-corrected chi connectivity index (χ3v) is 4.56. The Morgan fingerprint density at radius 2 is 2.26 bits per heavy atom. The van der Waals surface area contributed by atoms with Crippen molar-refractivity contribution in [2.24, 2.45) is 5.92 Å². The van der Waals surface area contributed by atoms with E-state index < -0.39 is 0 Å². The molecule has 1 aliphatic heterocycles. The van der Waals surface area contributed by atoms with Gasteiger partial charge in [0.1, 0.15) is 17.9 Å². The van der Waals surface area contributed by atoms with Crippen LogP contribution in [0.5, 0.6) is 0 Å². The summed E-state index contributed by atoms with van der Waals surface area (Å²) in [5.41, 5.74) is 0.375. The number of carbonyl (C=O) groups excluding carboxylic acids is 1. The van der Waals surface area contributed by atoms with E-state index >= 15 is 0 Å². The summed E-state index contributed by atoms with van der Waals surface area (Å²) in [5.74, 6) is 2.35. The van der Waals surface area contributed by atoms with Crippen molar-refractivity contribution >= 4 is 11.7 Å². The molecule has 0 spiro atoms. The summed E-state index contributed by atoms with van der Waals surface area (Å²) in [6.45, 7) is 3.72. The summed E-state index contributed by atoms with van der Waals surface area (Å²) in [4.78, 5) is 22.7. The van der Waals surface area contributed by atoms with E-state index in [0.29, 0.717) is 17.5 Å². The molecule has 0 aromatic carbocycles. The molecule has 1 N–H and O–H groups in total. The van der Waals surface area contributed by atoms with Gasteiger partial charge in [-0.15, -0.1) is 0 Å². The fraction of sp³-hybridized carbons (Fsp3) is 0.500. The van der Waals surface area contributed by atoms with E-state index in [-0.39, 0.29) is 11.9 Å². The highest BCUT2D eigenvalue weighted by Gasteiger charge is 2.33. The molecule has 2 aromatic heterocycles. The topological polar surface area (TPSA) is 84.2 Å². The second kappa shape index (κ2) is 5.64. The number of rotatable bonds is 4. The molecule has 120 valence electrons. The Morgan fingerprint density at radius 1 is 1.39 bits per heavy atom. The first kappa shape index (κ1) is 14.2. The van der Waals surface area contributed by atoms with E-state index in [9.17, 15) is 4.79 Å². The van der Waals surface area contributed by atoms with Crippen LogP contribution >= 0.6 is 0 Å². The molecule has 0 bridgehead atoms. The fourth-order valence-corrected chi connectivity index (χ4v) is 3.01. The Hall–Kier alpha value is -2.44. The Balaban J connectivity index is 1.40. The van der Waals surface area contributed by atoms with Crippen LogP contribution in [0.4, 0.5) is 5.82 Å². The zero-order chi connectivity index (χ0) is 15.8. The normalized spacial score (nSPS) is 24.0. The minimum absolute atomic E-state index is 0.0681. The molecular weight excluding hydrogens is 294 g/mol. The average Bonchev–Trinajstić information content (AvgIpc) is 3.18. The first-order valence-electron chi connectivity index (χ1n) is 7.99. The quantitative estimate of drug-likeness (QED) is 0.923. The van der Waals surface area contributed by atoms with Crippen LogP contribution < -0.4 is 10.2 Å². The van der Waals surface area contributed by atoms with Gasteiger partial charge in [0, 0.05) is 31.3 Å². The van der Waals surface area contributed by atoms with Crippen LogP contribution in [0.25, 0.3) is 0 Å². The Morgan fingerprint density at radius 3 is 3.00 bits per heavy atom. The maximum Gasteiger partial charge on any atom is 0.273 e. The monoisotopic (exact) mass is 313 g/mol. The van der Waals surface area contributed by atoms with Crippen LogP contribution in [-0.2, 0) is 0 Å². The van der Waals surface area contributed by atoms with Crippen molar-refractivity contribution in [3.8, 4) is 0 Å². The molecule has 2 unspecified atom stereocenters. The van der Waals surface area contributed by atoms with Gasteiger partial charge in [0.25, 0.3) is 5.91 Å². The number of anilines is 1. The molecule has 2 aromatic rings. The molecule has 2 aliphatic rings. The minimum atomic E-state index is -0.165. The van der Waals surface area contributed by atoms with Crippen molar-refractivity contribution in [1.82, 2.24) is 20.4 Å². The van der Waals surface area contributed by atoms with Gasteiger partial charge in [-0.05, 0) is 24.8 Å². The lowest BCUT2D eigenvalue weighted by Gasteiger charge is -2.17. The third-order valence-electron chi connectivity index (χ3n) is 4.56. The van der Waals surface area contributed by atoms with Crippen LogP contribution in [0.2, 0.25) is 0 Å². The molecule has 0 radical (unpaired) electrons. The number of hydrogen-bond acceptors (Lipinski definition) is 6. The van der Waals surface area contributed by atoms with Crippen molar-refractivity contribution < 1.29 is 9.32 Å². The maximum absolute atomic E-state index is 12.4. The van der Waals surface area contributed by atoms with Crippen molar-refractivity contribution in [2.45, 2.75) is 31.7 Å². The first-order valence-corrected chi connectivity index (χ1v) is 7.99.